The first kappa shape index (κ1) is 13.2. The largest absolute Gasteiger partial charge is 0.481 e. The molecule has 10 heteroatoms. The van der Waals surface area contributed by atoms with Crippen molar-refractivity contribution in [2.24, 2.45) is 25.7 Å². The maximum Gasteiger partial charge on any atom is 0.317 e. The number of carbonyl (C=O) groups is 2. The van der Waals surface area contributed by atoms with Crippen LogP contribution in [0, 0.1) is 0 Å². The van der Waals surface area contributed by atoms with Gasteiger partial charge in [-0.3, -0.25) is 14.6 Å². The molecule has 0 aromatic carbocycles. The molecule has 0 spiro atoms. The van der Waals surface area contributed by atoms with Gasteiger partial charge < -0.3 is 15.9 Å². The molecule has 100 valence electrons. The van der Waals surface area contributed by atoms with Crippen molar-refractivity contribution in [2.45, 2.75) is 17.7 Å². The Morgan fingerprint density at radius 2 is 2.16 bits per heavy atom. The third-order valence-corrected chi connectivity index (χ3v) is 3.45. The molecule has 4 N–H and O–H groups in total. The maximum atomic E-state index is 11.0. The fraction of sp³-hybridized carbons (Fsp3) is 0.333. The van der Waals surface area contributed by atoms with Crippen molar-refractivity contribution in [1.29, 1.82) is 0 Å². The average Bonchev–Trinajstić information content (AvgIpc) is 2.75. The van der Waals surface area contributed by atoms with E-state index in [0.717, 1.165) is 11.8 Å². The normalized spacial score (nSPS) is 22.1. The summed E-state index contributed by atoms with van der Waals surface area (Å²) in [6, 6.07) is -0.590. The molecule has 2 aliphatic rings. The predicted octanol–water partition coefficient (Wildman–Crippen LogP) is -0.817. The minimum atomic E-state index is -1.24. The third kappa shape index (κ3) is 2.96. The highest BCUT2D eigenvalue weighted by Crippen LogP contribution is 2.24. The first-order valence-corrected chi connectivity index (χ1v) is 5.98. The topological polar surface area (TPSA) is 150 Å². The van der Waals surface area contributed by atoms with Gasteiger partial charge in [-0.15, -0.1) is 0 Å². The third-order valence-electron chi connectivity index (χ3n) is 2.24. The van der Waals surface area contributed by atoms with E-state index in [9.17, 15) is 9.59 Å². The van der Waals surface area contributed by atoms with Gasteiger partial charge in [0.2, 0.25) is 5.96 Å². The molecule has 0 bridgehead atoms. The van der Waals surface area contributed by atoms with Gasteiger partial charge in [0, 0.05) is 0 Å². The van der Waals surface area contributed by atoms with Crippen LogP contribution >= 0.6 is 11.8 Å². The van der Waals surface area contributed by atoms with Gasteiger partial charge in [0.05, 0.1) is 6.42 Å². The summed E-state index contributed by atoms with van der Waals surface area (Å²) < 4.78 is 0. The molecule has 0 aliphatic carbocycles. The SMILES string of the molecule is NC1=NC2=NC=NC2C(SC(CC(=O)O)C(=O)O)=N1. The van der Waals surface area contributed by atoms with Gasteiger partial charge in [-0.05, 0) is 0 Å². The second-order valence-corrected chi connectivity index (χ2v) is 4.84. The molecule has 2 rings (SSSR count). The molecule has 0 fully saturated rings. The van der Waals surface area contributed by atoms with E-state index in [4.69, 9.17) is 15.9 Å². The summed E-state index contributed by atoms with van der Waals surface area (Å²) in [5.74, 6) is -2.17. The number of nitrogens with zero attached hydrogens (tertiary/aromatic N) is 4. The molecule has 0 saturated carbocycles. The molecule has 0 aromatic rings. The number of aliphatic carboxylic acids is 2. The Morgan fingerprint density at radius 3 is 2.79 bits per heavy atom. The van der Waals surface area contributed by atoms with Crippen LogP contribution in [0.15, 0.2) is 20.0 Å². The van der Waals surface area contributed by atoms with Crippen LogP contribution in [-0.2, 0) is 9.59 Å². The number of fused-ring (bicyclic) bond motifs is 1. The lowest BCUT2D eigenvalue weighted by Crippen LogP contribution is -2.34. The zero-order valence-corrected chi connectivity index (χ0v) is 10.2. The lowest BCUT2D eigenvalue weighted by Gasteiger charge is -2.17. The summed E-state index contributed by atoms with van der Waals surface area (Å²) in [6.45, 7) is 0. The minimum absolute atomic E-state index is 0.0533. The molecule has 2 aliphatic heterocycles. The van der Waals surface area contributed by atoms with Crippen LogP contribution in [0.3, 0.4) is 0 Å². The van der Waals surface area contributed by atoms with Gasteiger partial charge in [0.25, 0.3) is 0 Å². The van der Waals surface area contributed by atoms with Crippen LogP contribution < -0.4 is 5.73 Å². The van der Waals surface area contributed by atoms with E-state index >= 15 is 0 Å². The number of guanidine groups is 1. The Kier molecular flexibility index (Phi) is 3.60. The predicted molar refractivity (Wildman–Crippen MR) is 70.0 cm³/mol. The lowest BCUT2D eigenvalue weighted by atomic mass is 10.3. The Bertz CT molecular complexity index is 553. The minimum Gasteiger partial charge on any atom is -0.481 e. The molecule has 2 unspecified atom stereocenters. The first-order chi connectivity index (χ1) is 8.97. The summed E-state index contributed by atoms with van der Waals surface area (Å²) in [6.07, 6.45) is 0.754. The molecule has 0 saturated heterocycles. The van der Waals surface area contributed by atoms with Crippen LogP contribution in [0.2, 0.25) is 0 Å². The van der Waals surface area contributed by atoms with E-state index < -0.39 is 29.7 Å². The standard InChI is InChI=1S/C9H9N5O4S/c10-9-13-6-5(11-2-12-6)7(14-9)19-3(8(17)18)1-4(15)16/h2-3,5H,1H2,(H,15,16)(H,17,18)(H2,10,11,12,13). The smallest absolute Gasteiger partial charge is 0.317 e. The van der Waals surface area contributed by atoms with Crippen LogP contribution in [0.1, 0.15) is 6.42 Å². The molecular formula is C9H9N5O4S. The zero-order chi connectivity index (χ0) is 14.0. The fourth-order valence-corrected chi connectivity index (χ4v) is 2.51. The van der Waals surface area contributed by atoms with E-state index in [1.54, 1.807) is 0 Å². The number of thioether (sulfide) groups is 1. The molecule has 2 atom stereocenters. The highest BCUT2D eigenvalue weighted by Gasteiger charge is 2.33. The summed E-state index contributed by atoms with van der Waals surface area (Å²) >= 11 is 0.796. The van der Waals surface area contributed by atoms with Crippen LogP contribution in [0.25, 0.3) is 0 Å². The van der Waals surface area contributed by atoms with Crippen molar-refractivity contribution in [3.05, 3.63) is 0 Å². The molecule has 0 aromatic heterocycles. The van der Waals surface area contributed by atoms with Crippen LogP contribution in [0.4, 0.5) is 0 Å². The van der Waals surface area contributed by atoms with E-state index in [0.29, 0.717) is 5.84 Å². The monoisotopic (exact) mass is 283 g/mol. The molecule has 9 nitrogen and oxygen atoms in total. The number of carboxylic acid groups (broad SMARTS) is 2. The Hall–Kier alpha value is -2.23. The van der Waals surface area contributed by atoms with Crippen molar-refractivity contribution in [2.75, 3.05) is 0 Å². The Morgan fingerprint density at radius 1 is 1.42 bits per heavy atom. The van der Waals surface area contributed by atoms with Gasteiger partial charge in [0.15, 0.2) is 11.9 Å². The Labute approximate surface area is 111 Å². The number of aliphatic imine (C=N–C) groups is 4. The molecule has 2 heterocycles. The summed E-state index contributed by atoms with van der Waals surface area (Å²) in [4.78, 5) is 37.3. The van der Waals surface area contributed by atoms with Gasteiger partial charge in [-0.1, -0.05) is 11.8 Å². The lowest BCUT2D eigenvalue weighted by molar-refractivity contribution is -0.142. The van der Waals surface area contributed by atoms with Gasteiger partial charge in [0.1, 0.15) is 16.6 Å². The van der Waals surface area contributed by atoms with Gasteiger partial charge in [-0.2, -0.15) is 4.99 Å². The van der Waals surface area contributed by atoms with Crippen molar-refractivity contribution >= 4 is 46.9 Å². The second-order valence-electron chi connectivity index (χ2n) is 3.62. The number of carboxylic acids is 2. The van der Waals surface area contributed by atoms with E-state index in [1.165, 1.54) is 6.34 Å². The van der Waals surface area contributed by atoms with E-state index in [2.05, 4.69) is 20.0 Å². The van der Waals surface area contributed by atoms with Gasteiger partial charge in [-0.25, -0.2) is 9.98 Å². The number of hydrogen-bond acceptors (Lipinski definition) is 8. The molecule has 0 amide bonds. The molecular weight excluding hydrogens is 274 g/mol. The fourth-order valence-electron chi connectivity index (χ4n) is 1.45. The number of nitrogens with two attached hydrogens (primary N) is 1. The van der Waals surface area contributed by atoms with Crippen LogP contribution in [-0.4, -0.2) is 56.6 Å². The summed E-state index contributed by atoms with van der Waals surface area (Å²) in [5, 5.41) is 16.8. The van der Waals surface area contributed by atoms with E-state index in [1.807, 2.05) is 0 Å². The van der Waals surface area contributed by atoms with Gasteiger partial charge >= 0.3 is 11.9 Å². The first-order valence-electron chi connectivity index (χ1n) is 5.10. The highest BCUT2D eigenvalue weighted by atomic mass is 32.2. The second kappa shape index (κ2) is 5.18. The highest BCUT2D eigenvalue weighted by molar-refractivity contribution is 8.15. The van der Waals surface area contributed by atoms with Crippen LogP contribution in [0.5, 0.6) is 0 Å². The zero-order valence-electron chi connectivity index (χ0n) is 9.42. The number of rotatable bonds is 4. The molecule has 0 radical (unpaired) electrons. The van der Waals surface area contributed by atoms with Crippen molar-refractivity contribution in [3.8, 4) is 0 Å². The summed E-state index contributed by atoms with van der Waals surface area (Å²) in [7, 11) is 0. The Balaban J connectivity index is 2.18. The molecule has 19 heavy (non-hydrogen) atoms. The number of amidine groups is 1. The summed E-state index contributed by atoms with van der Waals surface area (Å²) in [5.41, 5.74) is 5.48. The quantitative estimate of drug-likeness (QED) is 0.613. The maximum absolute atomic E-state index is 11.0. The van der Waals surface area contributed by atoms with Crippen molar-refractivity contribution < 1.29 is 19.8 Å². The van der Waals surface area contributed by atoms with Crippen molar-refractivity contribution in [3.63, 3.8) is 0 Å². The average molecular weight is 283 g/mol. The van der Waals surface area contributed by atoms with E-state index in [-0.39, 0.29) is 11.0 Å². The number of hydrogen-bond donors (Lipinski definition) is 3. The van der Waals surface area contributed by atoms with Crippen molar-refractivity contribution in [1.82, 2.24) is 0 Å².